The lowest BCUT2D eigenvalue weighted by Gasteiger charge is -2.20. The molecule has 1 aromatic heterocycles. The van der Waals surface area contributed by atoms with Crippen LogP contribution in [0.25, 0.3) is 0 Å². The van der Waals surface area contributed by atoms with Gasteiger partial charge >= 0.3 is 0 Å². The van der Waals surface area contributed by atoms with Crippen molar-refractivity contribution >= 4 is 28.7 Å². The van der Waals surface area contributed by atoms with Crippen LogP contribution in [0.15, 0.2) is 30.5 Å². The number of benzene rings is 1. The summed E-state index contributed by atoms with van der Waals surface area (Å²) in [6.07, 6.45) is 2.00. The fraction of sp³-hybridized carbons (Fsp3) is 0.333. The summed E-state index contributed by atoms with van der Waals surface area (Å²) < 4.78 is 1.88. The number of aryl methyl sites for hydroxylation is 2. The van der Waals surface area contributed by atoms with Gasteiger partial charge in [0, 0.05) is 49.7 Å². The monoisotopic (exact) mass is 333 g/mol. The molecular formula is C15H19N5O2S. The summed E-state index contributed by atoms with van der Waals surface area (Å²) in [5.41, 5.74) is 2.69. The maximum Gasteiger partial charge on any atom is 0.271 e. The molecule has 0 aliphatic rings. The minimum atomic E-state index is -0.430. The highest BCUT2D eigenvalue weighted by Gasteiger charge is 2.12. The molecule has 8 heteroatoms. The van der Waals surface area contributed by atoms with Gasteiger partial charge in [0.15, 0.2) is 5.11 Å². The summed E-state index contributed by atoms with van der Waals surface area (Å²) in [6.45, 7) is 5.44. The van der Waals surface area contributed by atoms with Crippen LogP contribution in [0, 0.1) is 17.0 Å². The molecule has 0 amide bonds. The Morgan fingerprint density at radius 3 is 2.87 bits per heavy atom. The lowest BCUT2D eigenvalue weighted by atomic mass is 10.2. The van der Waals surface area contributed by atoms with Gasteiger partial charge in [0.2, 0.25) is 0 Å². The van der Waals surface area contributed by atoms with Crippen molar-refractivity contribution in [1.82, 2.24) is 14.7 Å². The van der Waals surface area contributed by atoms with E-state index in [2.05, 4.69) is 10.4 Å². The highest BCUT2D eigenvalue weighted by Crippen LogP contribution is 2.18. The Morgan fingerprint density at radius 2 is 2.26 bits per heavy atom. The van der Waals surface area contributed by atoms with Gasteiger partial charge in [-0.15, -0.1) is 0 Å². The molecule has 1 N–H and O–H groups in total. The summed E-state index contributed by atoms with van der Waals surface area (Å²) >= 11 is 5.36. The molecule has 1 aromatic carbocycles. The quantitative estimate of drug-likeness (QED) is 0.515. The van der Waals surface area contributed by atoms with E-state index in [-0.39, 0.29) is 5.69 Å². The zero-order valence-corrected chi connectivity index (χ0v) is 14.1. The molecule has 0 spiro atoms. The van der Waals surface area contributed by atoms with Crippen LogP contribution < -0.4 is 5.32 Å². The molecule has 1 heterocycles. The first kappa shape index (κ1) is 16.9. The second-order valence-electron chi connectivity index (χ2n) is 5.19. The van der Waals surface area contributed by atoms with Gasteiger partial charge in [-0.2, -0.15) is 5.10 Å². The normalized spacial score (nSPS) is 10.4. The van der Waals surface area contributed by atoms with Gasteiger partial charge in [-0.25, -0.2) is 0 Å². The van der Waals surface area contributed by atoms with Crippen LogP contribution in [0.3, 0.4) is 0 Å². The number of aromatic nitrogens is 2. The second kappa shape index (κ2) is 7.19. The number of nitrogens with zero attached hydrogens (tertiary/aromatic N) is 4. The van der Waals surface area contributed by atoms with E-state index >= 15 is 0 Å². The molecule has 0 aliphatic carbocycles. The molecule has 2 rings (SSSR count). The molecule has 122 valence electrons. The molecule has 23 heavy (non-hydrogen) atoms. The van der Waals surface area contributed by atoms with Gasteiger partial charge in [-0.05, 0) is 32.1 Å². The van der Waals surface area contributed by atoms with Crippen LogP contribution in [0.5, 0.6) is 0 Å². The fourth-order valence-corrected chi connectivity index (χ4v) is 2.30. The molecule has 0 bridgehead atoms. The number of hydrogen-bond acceptors (Lipinski definition) is 4. The lowest BCUT2D eigenvalue weighted by Crippen LogP contribution is -2.30. The van der Waals surface area contributed by atoms with Crippen molar-refractivity contribution in [3.63, 3.8) is 0 Å². The first-order valence-corrected chi connectivity index (χ1v) is 7.61. The van der Waals surface area contributed by atoms with Gasteiger partial charge < -0.3 is 10.2 Å². The van der Waals surface area contributed by atoms with Crippen LogP contribution in [0.2, 0.25) is 0 Å². The van der Waals surface area contributed by atoms with Crippen molar-refractivity contribution in [1.29, 1.82) is 0 Å². The molecule has 0 fully saturated rings. The van der Waals surface area contributed by atoms with Crippen molar-refractivity contribution in [2.24, 2.45) is 0 Å². The average molecular weight is 333 g/mol. The maximum atomic E-state index is 10.8. The maximum absolute atomic E-state index is 10.8. The van der Waals surface area contributed by atoms with E-state index in [0.717, 1.165) is 17.8 Å². The summed E-state index contributed by atoms with van der Waals surface area (Å²) in [4.78, 5) is 12.3. The van der Waals surface area contributed by atoms with E-state index < -0.39 is 4.92 Å². The summed E-state index contributed by atoms with van der Waals surface area (Å²) in [5, 5.41) is 18.7. The van der Waals surface area contributed by atoms with E-state index in [1.54, 1.807) is 12.1 Å². The van der Waals surface area contributed by atoms with Gasteiger partial charge in [0.1, 0.15) is 0 Å². The van der Waals surface area contributed by atoms with Gasteiger partial charge in [0.25, 0.3) is 5.69 Å². The zero-order chi connectivity index (χ0) is 17.0. The van der Waals surface area contributed by atoms with Crippen molar-refractivity contribution in [2.45, 2.75) is 26.9 Å². The average Bonchev–Trinajstić information content (AvgIpc) is 2.87. The Kier molecular flexibility index (Phi) is 5.28. The van der Waals surface area contributed by atoms with E-state index in [9.17, 15) is 10.1 Å². The third kappa shape index (κ3) is 4.26. The molecule has 0 saturated heterocycles. The summed E-state index contributed by atoms with van der Waals surface area (Å²) in [7, 11) is 1.87. The summed E-state index contributed by atoms with van der Waals surface area (Å²) in [5.74, 6) is 0. The first-order valence-electron chi connectivity index (χ1n) is 7.20. The van der Waals surface area contributed by atoms with Crippen LogP contribution in [-0.2, 0) is 13.1 Å². The number of non-ortho nitro benzene ring substituents is 1. The Labute approximate surface area is 140 Å². The predicted octanol–water partition coefficient (Wildman–Crippen LogP) is 2.95. The molecular weight excluding hydrogens is 314 g/mol. The SMILES string of the molecule is CCn1cc(CN(C)C(=S)Nc2cccc([N+](=O)[O-])c2)c(C)n1. The minimum absolute atomic E-state index is 0.0283. The Hall–Kier alpha value is -2.48. The second-order valence-corrected chi connectivity index (χ2v) is 5.58. The van der Waals surface area contributed by atoms with Crippen LogP contribution in [-0.4, -0.2) is 31.8 Å². The summed E-state index contributed by atoms with van der Waals surface area (Å²) in [6, 6.07) is 6.27. The van der Waals surface area contributed by atoms with E-state index in [0.29, 0.717) is 17.3 Å². The molecule has 0 aliphatic heterocycles. The van der Waals surface area contributed by atoms with Crippen molar-refractivity contribution in [3.05, 3.63) is 51.8 Å². The fourth-order valence-electron chi connectivity index (χ4n) is 2.12. The van der Waals surface area contributed by atoms with Gasteiger partial charge in [-0.1, -0.05) is 6.07 Å². The van der Waals surface area contributed by atoms with Gasteiger partial charge in [0.05, 0.1) is 10.6 Å². The Balaban J connectivity index is 2.03. The third-order valence-electron chi connectivity index (χ3n) is 3.43. The lowest BCUT2D eigenvalue weighted by molar-refractivity contribution is -0.384. The molecule has 7 nitrogen and oxygen atoms in total. The van der Waals surface area contributed by atoms with E-state index in [4.69, 9.17) is 12.2 Å². The van der Waals surface area contributed by atoms with Gasteiger partial charge in [-0.3, -0.25) is 14.8 Å². The van der Waals surface area contributed by atoms with Crippen LogP contribution >= 0.6 is 12.2 Å². The van der Waals surface area contributed by atoms with E-state index in [1.807, 2.05) is 36.7 Å². The topological polar surface area (TPSA) is 76.2 Å². The van der Waals surface area contributed by atoms with Crippen molar-refractivity contribution in [3.8, 4) is 0 Å². The molecule has 0 saturated carbocycles. The highest BCUT2D eigenvalue weighted by atomic mass is 32.1. The third-order valence-corrected chi connectivity index (χ3v) is 3.85. The number of nitro benzene ring substituents is 1. The molecule has 0 atom stereocenters. The molecule has 2 aromatic rings. The largest absolute Gasteiger partial charge is 0.348 e. The van der Waals surface area contributed by atoms with Crippen molar-refractivity contribution in [2.75, 3.05) is 12.4 Å². The van der Waals surface area contributed by atoms with Crippen LogP contribution in [0.1, 0.15) is 18.2 Å². The molecule has 0 unspecified atom stereocenters. The Bertz CT molecular complexity index is 728. The smallest absolute Gasteiger partial charge is 0.271 e. The zero-order valence-electron chi connectivity index (χ0n) is 13.3. The highest BCUT2D eigenvalue weighted by molar-refractivity contribution is 7.80. The number of rotatable bonds is 5. The molecule has 0 radical (unpaired) electrons. The first-order chi connectivity index (χ1) is 10.9. The predicted molar refractivity (Wildman–Crippen MR) is 93.4 cm³/mol. The van der Waals surface area contributed by atoms with E-state index in [1.165, 1.54) is 12.1 Å². The number of anilines is 1. The number of thiocarbonyl (C=S) groups is 1. The minimum Gasteiger partial charge on any atom is -0.348 e. The standard InChI is InChI=1S/C15H19N5O2S/c1-4-19-10-12(11(2)17-19)9-18(3)15(23)16-13-6-5-7-14(8-13)20(21)22/h5-8,10H,4,9H2,1-3H3,(H,16,23). The number of nitrogens with one attached hydrogen (secondary N) is 1. The van der Waals surface area contributed by atoms with Crippen molar-refractivity contribution < 1.29 is 4.92 Å². The van der Waals surface area contributed by atoms with Crippen LogP contribution in [0.4, 0.5) is 11.4 Å². The Morgan fingerprint density at radius 1 is 1.52 bits per heavy atom. The number of nitro groups is 1. The number of hydrogen-bond donors (Lipinski definition) is 1.